The van der Waals surface area contributed by atoms with E-state index in [2.05, 4.69) is 0 Å². The van der Waals surface area contributed by atoms with E-state index in [4.69, 9.17) is 10.7 Å². The van der Waals surface area contributed by atoms with Crippen LogP contribution in [-0.2, 0) is 9.59 Å². The summed E-state index contributed by atoms with van der Waals surface area (Å²) in [6, 6.07) is 0. The lowest BCUT2D eigenvalue weighted by atomic mass is 10.9. The van der Waals surface area contributed by atoms with Gasteiger partial charge in [-0.15, -0.1) is 0 Å². The summed E-state index contributed by atoms with van der Waals surface area (Å²) in [6.07, 6.45) is 0.164. The van der Waals surface area contributed by atoms with Crippen molar-refractivity contribution in [2.24, 2.45) is 0 Å². The number of aldehydes is 1. The molecule has 0 amide bonds. The highest BCUT2D eigenvalue weighted by Gasteiger charge is 1.91. The zero-order valence-corrected chi connectivity index (χ0v) is 4.25. The predicted molar refractivity (Wildman–Crippen MR) is 24.5 cm³/mol. The van der Waals surface area contributed by atoms with E-state index < -0.39 is 5.12 Å². The van der Waals surface area contributed by atoms with Gasteiger partial charge in [-0.2, -0.15) is 0 Å². The Morgan fingerprint density at radius 1 is 1.83 bits per heavy atom. The summed E-state index contributed by atoms with van der Waals surface area (Å²) in [4.78, 5) is 18.9. The molecule has 0 aromatic heterocycles. The number of hydrogen-bond acceptors (Lipinski definition) is 3. The van der Waals surface area contributed by atoms with E-state index in [1.165, 1.54) is 0 Å². The van der Waals surface area contributed by atoms with Gasteiger partial charge in [0, 0.05) is 11.0 Å². The summed E-state index contributed by atoms with van der Waals surface area (Å²) in [5.41, 5.74) is 0. The van der Waals surface area contributed by atoms with Crippen molar-refractivity contribution >= 4 is 33.1 Å². The minimum absolute atomic E-state index is 0.164. The minimum atomic E-state index is -0.656. The number of carbonyl (C=O) groups excluding carboxylic acids is 2. The van der Waals surface area contributed by atoms with Crippen molar-refractivity contribution < 1.29 is 9.59 Å². The molecule has 0 saturated carbocycles. The third kappa shape index (κ3) is 2.23. The number of hydrogen-bond donors (Lipinski definition) is 0. The number of halogens is 1. The quantitative estimate of drug-likeness (QED) is 0.379. The van der Waals surface area contributed by atoms with Crippen LogP contribution in [0.5, 0.6) is 0 Å². The van der Waals surface area contributed by atoms with Gasteiger partial charge in [0.25, 0.3) is 5.12 Å². The van der Waals surface area contributed by atoms with Gasteiger partial charge in [0.15, 0.2) is 6.29 Å². The van der Waals surface area contributed by atoms with Crippen molar-refractivity contribution in [1.82, 2.24) is 0 Å². The van der Waals surface area contributed by atoms with Gasteiger partial charge in [0.05, 0.1) is 0 Å². The van der Waals surface area contributed by atoms with Crippen LogP contribution in [0.25, 0.3) is 0 Å². The Morgan fingerprint density at radius 2 is 2.33 bits per heavy atom. The fourth-order valence-electron chi connectivity index (χ4n) is 0.0182. The standard InChI is InChI=1S/C2HClO2S/c3-6-2(5)1-4/h1H. The van der Waals surface area contributed by atoms with Crippen LogP contribution in [-0.4, -0.2) is 11.4 Å². The van der Waals surface area contributed by atoms with Crippen LogP contribution in [0.3, 0.4) is 0 Å². The molecule has 0 aliphatic heterocycles. The number of carbonyl (C=O) groups is 2. The molecule has 0 aliphatic carbocycles. The first-order valence-corrected chi connectivity index (χ1v) is 2.73. The molecule has 2 nitrogen and oxygen atoms in total. The van der Waals surface area contributed by atoms with Crippen molar-refractivity contribution in [3.05, 3.63) is 0 Å². The smallest absolute Gasteiger partial charge is 0.267 e. The summed E-state index contributed by atoms with van der Waals surface area (Å²) < 4.78 is 0. The van der Waals surface area contributed by atoms with Crippen LogP contribution in [0.1, 0.15) is 0 Å². The molecule has 0 aromatic carbocycles. The Bertz CT molecular complexity index is 71.9. The maximum Gasteiger partial charge on any atom is 0.267 e. The average Bonchev–Trinajstić information content (AvgIpc) is 1.65. The van der Waals surface area contributed by atoms with Crippen LogP contribution >= 0.6 is 21.7 Å². The lowest BCUT2D eigenvalue weighted by Crippen LogP contribution is -1.84. The fourth-order valence-corrected chi connectivity index (χ4v) is 0.164. The van der Waals surface area contributed by atoms with Crippen molar-refractivity contribution in [2.75, 3.05) is 0 Å². The molecule has 0 rings (SSSR count). The van der Waals surface area contributed by atoms with E-state index in [-0.39, 0.29) is 6.29 Å². The summed E-state index contributed by atoms with van der Waals surface area (Å²) in [6.45, 7) is 0. The van der Waals surface area contributed by atoms with E-state index in [0.29, 0.717) is 11.0 Å². The third-order valence-electron chi connectivity index (χ3n) is 0.172. The molecule has 0 aromatic rings. The zero-order valence-electron chi connectivity index (χ0n) is 2.68. The second kappa shape index (κ2) is 3.18. The molecule has 0 atom stereocenters. The summed E-state index contributed by atoms with van der Waals surface area (Å²) in [5.74, 6) is 0. The van der Waals surface area contributed by atoms with Crippen LogP contribution in [0.2, 0.25) is 0 Å². The first-order chi connectivity index (χ1) is 2.81. The summed E-state index contributed by atoms with van der Waals surface area (Å²) in [7, 11) is 5.18. The highest BCUT2D eigenvalue weighted by Crippen LogP contribution is 2.03. The maximum absolute atomic E-state index is 9.64. The van der Waals surface area contributed by atoms with Gasteiger partial charge < -0.3 is 0 Å². The third-order valence-corrected chi connectivity index (χ3v) is 0.877. The molecule has 0 spiro atoms. The van der Waals surface area contributed by atoms with Gasteiger partial charge in [0.2, 0.25) is 0 Å². The van der Waals surface area contributed by atoms with E-state index in [0.717, 1.165) is 0 Å². The molecule has 0 aliphatic rings. The molecule has 0 saturated heterocycles. The fraction of sp³-hybridized carbons (Fsp3) is 0. The highest BCUT2D eigenvalue weighted by molar-refractivity contribution is 8.33. The van der Waals surface area contributed by atoms with Crippen LogP contribution in [0, 0.1) is 0 Å². The van der Waals surface area contributed by atoms with Crippen molar-refractivity contribution in [3.8, 4) is 0 Å². The van der Waals surface area contributed by atoms with Crippen molar-refractivity contribution in [1.29, 1.82) is 0 Å². The molecule has 0 fully saturated rings. The lowest BCUT2D eigenvalue weighted by molar-refractivity contribution is -0.124. The average molecular weight is 125 g/mol. The normalized spacial score (nSPS) is 7.50. The monoisotopic (exact) mass is 124 g/mol. The van der Waals surface area contributed by atoms with E-state index in [1.807, 2.05) is 0 Å². The van der Waals surface area contributed by atoms with Gasteiger partial charge in [-0.05, 0) is 10.7 Å². The van der Waals surface area contributed by atoms with Gasteiger partial charge in [-0.25, -0.2) is 0 Å². The molecular weight excluding hydrogens is 124 g/mol. The van der Waals surface area contributed by atoms with E-state index in [9.17, 15) is 9.59 Å². The topological polar surface area (TPSA) is 34.1 Å². The van der Waals surface area contributed by atoms with Crippen LogP contribution in [0.15, 0.2) is 0 Å². The largest absolute Gasteiger partial charge is 0.294 e. The van der Waals surface area contributed by atoms with Crippen LogP contribution < -0.4 is 0 Å². The van der Waals surface area contributed by atoms with Gasteiger partial charge in [0.1, 0.15) is 0 Å². The first-order valence-electron chi connectivity index (χ1n) is 1.09. The molecule has 0 bridgehead atoms. The Kier molecular flexibility index (Phi) is 3.17. The molecule has 0 N–H and O–H groups in total. The van der Waals surface area contributed by atoms with Gasteiger partial charge in [-0.3, -0.25) is 9.59 Å². The molecule has 0 unspecified atom stereocenters. The molecule has 34 valence electrons. The predicted octanol–water partition coefficient (Wildman–Crippen LogP) is 0.599. The lowest BCUT2D eigenvalue weighted by Gasteiger charge is -1.67. The Morgan fingerprint density at radius 3 is 2.33 bits per heavy atom. The molecule has 0 heterocycles. The second-order valence-corrected chi connectivity index (χ2v) is 1.53. The van der Waals surface area contributed by atoms with Crippen molar-refractivity contribution in [2.45, 2.75) is 0 Å². The SMILES string of the molecule is O=CC(=O)SCl. The van der Waals surface area contributed by atoms with Crippen LogP contribution in [0.4, 0.5) is 0 Å². The summed E-state index contributed by atoms with van der Waals surface area (Å²) >= 11 is 0. The second-order valence-electron chi connectivity index (χ2n) is 0.514. The molecule has 6 heavy (non-hydrogen) atoms. The Balaban J connectivity index is 3.23. The molecular formula is C2HClO2S. The van der Waals surface area contributed by atoms with E-state index in [1.54, 1.807) is 0 Å². The molecule has 4 heteroatoms. The minimum Gasteiger partial charge on any atom is -0.294 e. The zero-order chi connectivity index (χ0) is 4.99. The van der Waals surface area contributed by atoms with Gasteiger partial charge >= 0.3 is 0 Å². The summed E-state index contributed by atoms with van der Waals surface area (Å²) in [5, 5.41) is -0.656. The first kappa shape index (κ1) is 5.98. The highest BCUT2D eigenvalue weighted by atomic mass is 35.7. The Labute approximate surface area is 43.4 Å². The van der Waals surface area contributed by atoms with Crippen molar-refractivity contribution in [3.63, 3.8) is 0 Å². The molecule has 0 radical (unpaired) electrons. The van der Waals surface area contributed by atoms with Gasteiger partial charge in [-0.1, -0.05) is 0 Å². The number of rotatable bonds is 1. The van der Waals surface area contributed by atoms with E-state index >= 15 is 0 Å². The Hall–Kier alpha value is -0.0200. The maximum atomic E-state index is 9.64.